The van der Waals surface area contributed by atoms with E-state index in [9.17, 15) is 0 Å². The molecule has 0 spiro atoms. The lowest BCUT2D eigenvalue weighted by Crippen LogP contribution is -2.14. The number of benzene rings is 1. The van der Waals surface area contributed by atoms with Gasteiger partial charge in [0.1, 0.15) is 38.3 Å². The Morgan fingerprint density at radius 3 is 1.50 bits per heavy atom. The van der Waals surface area contributed by atoms with Crippen LogP contribution in [0.4, 0.5) is 0 Å². The molecule has 0 fully saturated rings. The molecule has 2 aliphatic heterocycles. The molecule has 84 valence electrons. The Kier molecular flexibility index (Phi) is 3.71. The molecule has 2 aliphatic rings. The van der Waals surface area contributed by atoms with Gasteiger partial charge in [-0.3, -0.25) is 0 Å². The van der Waals surface area contributed by atoms with Gasteiger partial charge in [-0.15, -0.1) is 0 Å². The summed E-state index contributed by atoms with van der Waals surface area (Å²) in [4.78, 5) is 0. The van der Waals surface area contributed by atoms with Crippen LogP contribution in [0.5, 0.6) is 11.5 Å². The van der Waals surface area contributed by atoms with Crippen molar-refractivity contribution in [3.63, 3.8) is 0 Å². The molecule has 0 atom stereocenters. The van der Waals surface area contributed by atoms with Gasteiger partial charge in [-0.1, -0.05) is 12.1 Å². The van der Waals surface area contributed by atoms with Crippen molar-refractivity contribution < 1.29 is 18.9 Å². The molecule has 4 nitrogen and oxygen atoms in total. The minimum atomic E-state index is 0.664. The maximum atomic E-state index is 5.30. The predicted octanol–water partition coefficient (Wildman–Crippen LogP) is 2.43. The first kappa shape index (κ1) is 10.4. The third kappa shape index (κ3) is 2.95. The fourth-order valence-electron chi connectivity index (χ4n) is 1.21. The molecule has 0 saturated heterocycles. The van der Waals surface area contributed by atoms with E-state index in [1.165, 1.54) is 25.0 Å². The quantitative estimate of drug-likeness (QED) is 0.673. The van der Waals surface area contributed by atoms with E-state index in [2.05, 4.69) is 9.47 Å². The zero-order valence-corrected chi connectivity index (χ0v) is 8.67. The van der Waals surface area contributed by atoms with Crippen LogP contribution < -0.4 is 9.47 Å². The van der Waals surface area contributed by atoms with Gasteiger partial charge in [0.05, 0.1) is 0 Å². The summed E-state index contributed by atoms with van der Waals surface area (Å²) in [6.07, 6.45) is 5.83. The second-order valence-corrected chi connectivity index (χ2v) is 2.96. The standard InChI is InChI=1S/C8H8O2.C4H4O2/c1-2-4-8-7(3-1)9-5-6-10-8;1-2-6-4-3-5-1/h1-4H,5-6H2;1-4H. The Balaban J connectivity index is 0.000000138. The van der Waals surface area contributed by atoms with Crippen LogP contribution in [0, 0.1) is 0 Å². The van der Waals surface area contributed by atoms with E-state index >= 15 is 0 Å². The first-order valence-corrected chi connectivity index (χ1v) is 4.92. The summed E-state index contributed by atoms with van der Waals surface area (Å²) >= 11 is 0. The van der Waals surface area contributed by atoms with Gasteiger partial charge in [0.15, 0.2) is 11.5 Å². The molecule has 3 rings (SSSR count). The lowest BCUT2D eigenvalue weighted by atomic mass is 10.3. The summed E-state index contributed by atoms with van der Waals surface area (Å²) in [6, 6.07) is 7.70. The molecule has 0 bridgehead atoms. The highest BCUT2D eigenvalue weighted by atomic mass is 16.6. The van der Waals surface area contributed by atoms with Crippen molar-refractivity contribution in [2.45, 2.75) is 0 Å². The fraction of sp³-hybridized carbons (Fsp3) is 0.167. The molecule has 0 saturated carbocycles. The van der Waals surface area contributed by atoms with E-state index in [0.29, 0.717) is 13.2 Å². The van der Waals surface area contributed by atoms with Gasteiger partial charge in [0, 0.05) is 0 Å². The van der Waals surface area contributed by atoms with Crippen LogP contribution in [-0.2, 0) is 9.47 Å². The number of rotatable bonds is 0. The van der Waals surface area contributed by atoms with Crippen molar-refractivity contribution in [3.05, 3.63) is 49.3 Å². The van der Waals surface area contributed by atoms with E-state index in [1.54, 1.807) is 0 Å². The molecule has 0 N–H and O–H groups in total. The lowest BCUT2D eigenvalue weighted by Gasteiger charge is -2.17. The van der Waals surface area contributed by atoms with Crippen molar-refractivity contribution in [2.75, 3.05) is 13.2 Å². The Morgan fingerprint density at radius 2 is 1.12 bits per heavy atom. The average molecular weight is 220 g/mol. The summed E-state index contributed by atoms with van der Waals surface area (Å²) in [6.45, 7) is 1.33. The predicted molar refractivity (Wildman–Crippen MR) is 57.9 cm³/mol. The molecule has 0 aromatic heterocycles. The Bertz CT molecular complexity index is 339. The first-order valence-electron chi connectivity index (χ1n) is 4.92. The topological polar surface area (TPSA) is 36.9 Å². The number of fused-ring (bicyclic) bond motifs is 1. The van der Waals surface area contributed by atoms with Crippen molar-refractivity contribution in [2.24, 2.45) is 0 Å². The average Bonchev–Trinajstić information content (AvgIpc) is 2.42. The second-order valence-electron chi connectivity index (χ2n) is 2.96. The third-order valence-electron chi connectivity index (χ3n) is 1.87. The molecule has 0 unspecified atom stereocenters. The highest BCUT2D eigenvalue weighted by Gasteiger charge is 2.07. The van der Waals surface area contributed by atoms with Crippen LogP contribution in [0.1, 0.15) is 0 Å². The molecule has 1 aromatic carbocycles. The van der Waals surface area contributed by atoms with Crippen LogP contribution in [0.25, 0.3) is 0 Å². The number of hydrogen-bond acceptors (Lipinski definition) is 4. The van der Waals surface area contributed by atoms with Crippen molar-refractivity contribution >= 4 is 0 Å². The van der Waals surface area contributed by atoms with E-state index in [-0.39, 0.29) is 0 Å². The molecule has 0 radical (unpaired) electrons. The van der Waals surface area contributed by atoms with Gasteiger partial charge >= 0.3 is 0 Å². The van der Waals surface area contributed by atoms with Crippen molar-refractivity contribution in [1.82, 2.24) is 0 Å². The van der Waals surface area contributed by atoms with Crippen LogP contribution in [0.2, 0.25) is 0 Å². The van der Waals surface area contributed by atoms with Gasteiger partial charge in [0.25, 0.3) is 0 Å². The summed E-state index contributed by atoms with van der Waals surface area (Å²) < 4.78 is 19.8. The molecule has 0 aliphatic carbocycles. The fourth-order valence-corrected chi connectivity index (χ4v) is 1.21. The molecular formula is C12H12O4. The Hall–Kier alpha value is -2.10. The van der Waals surface area contributed by atoms with Crippen molar-refractivity contribution in [1.29, 1.82) is 0 Å². The highest BCUT2D eigenvalue weighted by Crippen LogP contribution is 2.28. The second kappa shape index (κ2) is 5.70. The summed E-state index contributed by atoms with van der Waals surface area (Å²) in [5.41, 5.74) is 0. The molecule has 4 heteroatoms. The normalized spacial score (nSPS) is 15.2. The third-order valence-corrected chi connectivity index (χ3v) is 1.87. The summed E-state index contributed by atoms with van der Waals surface area (Å²) in [5.74, 6) is 1.71. The van der Waals surface area contributed by atoms with Gasteiger partial charge in [0.2, 0.25) is 0 Å². The maximum absolute atomic E-state index is 5.30. The minimum absolute atomic E-state index is 0.664. The van der Waals surface area contributed by atoms with Crippen LogP contribution in [0.15, 0.2) is 49.3 Å². The minimum Gasteiger partial charge on any atom is -0.486 e. The SMILES string of the molecule is C1=COC=CO1.c1ccc2c(c1)OCCO2. The van der Waals surface area contributed by atoms with Crippen molar-refractivity contribution in [3.8, 4) is 11.5 Å². The molecule has 16 heavy (non-hydrogen) atoms. The van der Waals surface area contributed by atoms with Crippen LogP contribution in [0.3, 0.4) is 0 Å². The van der Waals surface area contributed by atoms with Gasteiger partial charge in [-0.25, -0.2) is 0 Å². The molecular weight excluding hydrogens is 208 g/mol. The van der Waals surface area contributed by atoms with Gasteiger partial charge in [-0.05, 0) is 12.1 Å². The molecule has 2 heterocycles. The van der Waals surface area contributed by atoms with Crippen LogP contribution in [-0.4, -0.2) is 13.2 Å². The van der Waals surface area contributed by atoms with Crippen LogP contribution >= 0.6 is 0 Å². The molecule has 1 aromatic rings. The Labute approximate surface area is 93.7 Å². The zero-order chi connectivity index (χ0) is 11.1. The lowest BCUT2D eigenvalue weighted by molar-refractivity contribution is 0.171. The van der Waals surface area contributed by atoms with E-state index in [0.717, 1.165) is 11.5 Å². The number of hydrogen-bond donors (Lipinski definition) is 0. The maximum Gasteiger partial charge on any atom is 0.161 e. The monoisotopic (exact) mass is 220 g/mol. The Morgan fingerprint density at radius 1 is 0.688 bits per heavy atom. The number of ether oxygens (including phenoxy) is 4. The largest absolute Gasteiger partial charge is 0.486 e. The summed E-state index contributed by atoms with van der Waals surface area (Å²) in [5, 5.41) is 0. The molecule has 0 amide bonds. The highest BCUT2D eigenvalue weighted by molar-refractivity contribution is 5.40. The van der Waals surface area contributed by atoms with E-state index < -0.39 is 0 Å². The van der Waals surface area contributed by atoms with Gasteiger partial charge in [-0.2, -0.15) is 0 Å². The summed E-state index contributed by atoms with van der Waals surface area (Å²) in [7, 11) is 0. The zero-order valence-electron chi connectivity index (χ0n) is 8.67. The number of para-hydroxylation sites is 2. The first-order chi connectivity index (χ1) is 7.97. The van der Waals surface area contributed by atoms with E-state index in [4.69, 9.17) is 9.47 Å². The van der Waals surface area contributed by atoms with Gasteiger partial charge < -0.3 is 18.9 Å². The smallest absolute Gasteiger partial charge is 0.161 e. The van der Waals surface area contributed by atoms with E-state index in [1.807, 2.05) is 24.3 Å².